The van der Waals surface area contributed by atoms with E-state index in [1.807, 2.05) is 0 Å². The molecular formula is C21H18N2O6. The van der Waals surface area contributed by atoms with Gasteiger partial charge >= 0.3 is 5.97 Å². The molecule has 0 saturated carbocycles. The highest BCUT2D eigenvalue weighted by Crippen LogP contribution is 2.39. The van der Waals surface area contributed by atoms with E-state index in [1.165, 1.54) is 4.90 Å². The van der Waals surface area contributed by atoms with Crippen LogP contribution in [0.4, 0.5) is 5.69 Å². The van der Waals surface area contributed by atoms with Gasteiger partial charge in [-0.2, -0.15) is 0 Å². The monoisotopic (exact) mass is 394 g/mol. The number of nitrogens with one attached hydrogen (secondary N) is 1. The van der Waals surface area contributed by atoms with E-state index in [4.69, 9.17) is 14.2 Å². The number of esters is 1. The molecule has 2 aromatic carbocycles. The number of carbonyl (C=O) groups is 3. The lowest BCUT2D eigenvalue weighted by Gasteiger charge is -2.29. The van der Waals surface area contributed by atoms with Gasteiger partial charge in [0.25, 0.3) is 0 Å². The molecule has 2 amide bonds. The number of hydrogen-bond donors (Lipinski definition) is 1. The molecule has 0 bridgehead atoms. The van der Waals surface area contributed by atoms with Crippen LogP contribution in [0.25, 0.3) is 0 Å². The van der Waals surface area contributed by atoms with E-state index in [0.717, 1.165) is 0 Å². The standard InChI is InChI=1S/C21H18N2O6/c24-18-8-6-15(23(18)20-13-3-1-2-4-14(13)21(26)29-20)19(25)22-12-5-7-16-17(11-12)28-10-9-27-16/h1-5,7,11,15,20H,6,8-10H2,(H,22,25)/t15-,20+/m0/s1. The van der Waals surface area contributed by atoms with E-state index in [1.54, 1.807) is 42.5 Å². The van der Waals surface area contributed by atoms with Gasteiger partial charge in [0.05, 0.1) is 5.56 Å². The van der Waals surface area contributed by atoms with E-state index < -0.39 is 18.2 Å². The zero-order chi connectivity index (χ0) is 20.0. The Bertz CT molecular complexity index is 1020. The molecule has 0 unspecified atom stereocenters. The van der Waals surface area contributed by atoms with Crippen molar-refractivity contribution in [2.24, 2.45) is 0 Å². The van der Waals surface area contributed by atoms with Gasteiger partial charge in [0, 0.05) is 23.7 Å². The summed E-state index contributed by atoms with van der Waals surface area (Å²) >= 11 is 0. The number of fused-ring (bicyclic) bond motifs is 2. The summed E-state index contributed by atoms with van der Waals surface area (Å²) in [5, 5.41) is 2.83. The fourth-order valence-electron chi connectivity index (χ4n) is 3.93. The predicted octanol–water partition coefficient (Wildman–Crippen LogP) is 2.26. The zero-order valence-electron chi connectivity index (χ0n) is 15.4. The van der Waals surface area contributed by atoms with E-state index in [9.17, 15) is 14.4 Å². The summed E-state index contributed by atoms with van der Waals surface area (Å²) in [6.07, 6.45) is -0.314. The molecule has 1 N–H and O–H groups in total. The largest absolute Gasteiger partial charge is 0.486 e. The van der Waals surface area contributed by atoms with Gasteiger partial charge in [-0.15, -0.1) is 0 Å². The molecule has 5 rings (SSSR count). The summed E-state index contributed by atoms with van der Waals surface area (Å²) in [5.41, 5.74) is 1.57. The Morgan fingerprint density at radius 1 is 1.03 bits per heavy atom. The summed E-state index contributed by atoms with van der Waals surface area (Å²) in [5.74, 6) is 0.138. The van der Waals surface area contributed by atoms with Crippen LogP contribution in [0.1, 0.15) is 35.0 Å². The number of rotatable bonds is 3. The molecule has 8 nitrogen and oxygen atoms in total. The number of hydrogen-bond acceptors (Lipinski definition) is 6. The second kappa shape index (κ2) is 6.80. The van der Waals surface area contributed by atoms with Crippen LogP contribution < -0.4 is 14.8 Å². The van der Waals surface area contributed by atoms with Crippen molar-refractivity contribution in [3.8, 4) is 11.5 Å². The van der Waals surface area contributed by atoms with Gasteiger partial charge < -0.3 is 19.5 Å². The van der Waals surface area contributed by atoms with Crippen molar-refractivity contribution < 1.29 is 28.6 Å². The summed E-state index contributed by atoms with van der Waals surface area (Å²) < 4.78 is 16.5. The number of likely N-dealkylation sites (tertiary alicyclic amines) is 1. The van der Waals surface area contributed by atoms with Crippen LogP contribution in [0.3, 0.4) is 0 Å². The van der Waals surface area contributed by atoms with E-state index in [2.05, 4.69) is 5.32 Å². The van der Waals surface area contributed by atoms with Crippen LogP contribution >= 0.6 is 0 Å². The lowest BCUT2D eigenvalue weighted by atomic mass is 10.1. The molecule has 2 aromatic rings. The summed E-state index contributed by atoms with van der Waals surface area (Å²) in [6, 6.07) is 11.3. The van der Waals surface area contributed by atoms with Crippen molar-refractivity contribution >= 4 is 23.5 Å². The van der Waals surface area contributed by atoms with Crippen molar-refractivity contribution in [3.05, 3.63) is 53.6 Å². The lowest BCUT2D eigenvalue weighted by Crippen LogP contribution is -2.43. The molecule has 29 heavy (non-hydrogen) atoms. The first-order valence-electron chi connectivity index (χ1n) is 9.43. The molecule has 3 heterocycles. The van der Waals surface area contributed by atoms with Gasteiger partial charge in [-0.3, -0.25) is 14.5 Å². The minimum atomic E-state index is -0.885. The van der Waals surface area contributed by atoms with E-state index in [0.29, 0.717) is 47.9 Å². The summed E-state index contributed by atoms with van der Waals surface area (Å²) in [4.78, 5) is 39.1. The van der Waals surface area contributed by atoms with Crippen LogP contribution in [0.2, 0.25) is 0 Å². The number of amides is 2. The summed E-state index contributed by atoms with van der Waals surface area (Å²) in [6.45, 7) is 0.932. The van der Waals surface area contributed by atoms with Gasteiger partial charge in [-0.25, -0.2) is 4.79 Å². The number of benzene rings is 2. The quantitative estimate of drug-likeness (QED) is 0.803. The Kier molecular flexibility index (Phi) is 4.12. The maximum atomic E-state index is 13.0. The van der Waals surface area contributed by atoms with Crippen molar-refractivity contribution in [3.63, 3.8) is 0 Å². The number of cyclic esters (lactones) is 1. The van der Waals surface area contributed by atoms with Gasteiger partial charge in [-0.05, 0) is 24.6 Å². The Hall–Kier alpha value is -3.55. The second-order valence-corrected chi connectivity index (χ2v) is 7.05. The second-order valence-electron chi connectivity index (χ2n) is 7.05. The average Bonchev–Trinajstić information content (AvgIpc) is 3.28. The third-order valence-corrected chi connectivity index (χ3v) is 5.29. The molecule has 8 heteroatoms. The van der Waals surface area contributed by atoms with Crippen molar-refractivity contribution in [2.45, 2.75) is 25.1 Å². The third-order valence-electron chi connectivity index (χ3n) is 5.29. The minimum absolute atomic E-state index is 0.218. The molecule has 1 saturated heterocycles. The number of nitrogens with zero attached hydrogens (tertiary/aromatic N) is 1. The van der Waals surface area contributed by atoms with Crippen LogP contribution in [0, 0.1) is 0 Å². The molecule has 0 radical (unpaired) electrons. The van der Waals surface area contributed by atoms with E-state index in [-0.39, 0.29) is 18.2 Å². The van der Waals surface area contributed by atoms with Crippen molar-refractivity contribution in [2.75, 3.05) is 18.5 Å². The normalized spacial score (nSPS) is 22.3. The van der Waals surface area contributed by atoms with Crippen molar-refractivity contribution in [1.82, 2.24) is 4.90 Å². The first-order valence-corrected chi connectivity index (χ1v) is 9.43. The van der Waals surface area contributed by atoms with Crippen LogP contribution in [0.5, 0.6) is 11.5 Å². The highest BCUT2D eigenvalue weighted by molar-refractivity contribution is 6.00. The van der Waals surface area contributed by atoms with E-state index >= 15 is 0 Å². The number of carbonyl (C=O) groups excluding carboxylic acids is 3. The third kappa shape index (κ3) is 2.97. The SMILES string of the molecule is O=C1O[C@@H](N2C(=O)CC[C@H]2C(=O)Nc2ccc3c(c2)OCCO3)c2ccccc21. The minimum Gasteiger partial charge on any atom is -0.486 e. The fourth-order valence-corrected chi connectivity index (χ4v) is 3.93. The molecule has 3 aliphatic heterocycles. The smallest absolute Gasteiger partial charge is 0.340 e. The molecule has 0 aliphatic carbocycles. The van der Waals surface area contributed by atoms with Gasteiger partial charge in [0.15, 0.2) is 11.5 Å². The maximum Gasteiger partial charge on any atom is 0.340 e. The highest BCUT2D eigenvalue weighted by Gasteiger charge is 2.46. The lowest BCUT2D eigenvalue weighted by molar-refractivity contribution is -0.144. The van der Waals surface area contributed by atoms with Crippen LogP contribution in [-0.4, -0.2) is 41.9 Å². The first kappa shape index (κ1) is 17.5. The van der Waals surface area contributed by atoms with Gasteiger partial charge in [0.1, 0.15) is 19.3 Å². The topological polar surface area (TPSA) is 94.2 Å². The fraction of sp³-hybridized carbons (Fsp3) is 0.286. The molecule has 148 valence electrons. The molecule has 0 aromatic heterocycles. The van der Waals surface area contributed by atoms with Crippen LogP contribution in [-0.2, 0) is 14.3 Å². The predicted molar refractivity (Wildman–Crippen MR) is 101 cm³/mol. The van der Waals surface area contributed by atoms with Gasteiger partial charge in [-0.1, -0.05) is 18.2 Å². The maximum absolute atomic E-state index is 13.0. The Balaban J connectivity index is 1.38. The number of ether oxygens (including phenoxy) is 3. The van der Waals surface area contributed by atoms with Crippen LogP contribution in [0.15, 0.2) is 42.5 Å². The van der Waals surface area contributed by atoms with Crippen molar-refractivity contribution in [1.29, 1.82) is 0 Å². The highest BCUT2D eigenvalue weighted by atomic mass is 16.6. The molecule has 3 aliphatic rings. The number of anilines is 1. The molecule has 0 spiro atoms. The molecule has 1 fully saturated rings. The Morgan fingerprint density at radius 2 is 1.83 bits per heavy atom. The Morgan fingerprint density at radius 3 is 2.69 bits per heavy atom. The Labute approximate surface area is 166 Å². The first-order chi connectivity index (χ1) is 14.1. The van der Waals surface area contributed by atoms with Gasteiger partial charge in [0.2, 0.25) is 18.0 Å². The zero-order valence-corrected chi connectivity index (χ0v) is 15.4. The molecular weight excluding hydrogens is 376 g/mol. The summed E-state index contributed by atoms with van der Waals surface area (Å²) in [7, 11) is 0. The molecule has 2 atom stereocenters. The average molecular weight is 394 g/mol.